The van der Waals surface area contributed by atoms with E-state index in [2.05, 4.69) is 14.9 Å². The van der Waals surface area contributed by atoms with Crippen LogP contribution in [0.2, 0.25) is 0 Å². The zero-order valence-corrected chi connectivity index (χ0v) is 10.2. The molecule has 2 N–H and O–H groups in total. The molecule has 1 heterocycles. The number of nitrogens with zero attached hydrogens (tertiary/aromatic N) is 2. The van der Waals surface area contributed by atoms with Gasteiger partial charge in [-0.05, 0) is 28.4 Å². The van der Waals surface area contributed by atoms with Crippen LogP contribution in [0.25, 0.3) is 0 Å². The van der Waals surface area contributed by atoms with Crippen LogP contribution in [-0.2, 0) is 15.5 Å². The molecular formula is C11H11N3O3S. The fraction of sp³-hybridized carbons (Fsp3) is 0.182. The molecule has 0 aromatic heterocycles. The van der Waals surface area contributed by atoms with Crippen LogP contribution in [0.3, 0.4) is 0 Å². The maximum absolute atomic E-state index is 10.9. The van der Waals surface area contributed by atoms with Gasteiger partial charge in [-0.1, -0.05) is 12.1 Å². The molecule has 0 radical (unpaired) electrons. The Labute approximate surface area is 106 Å². The third-order valence-electron chi connectivity index (χ3n) is 2.26. The first-order chi connectivity index (χ1) is 8.65. The van der Waals surface area contributed by atoms with Gasteiger partial charge in [-0.15, -0.1) is 4.47 Å². The van der Waals surface area contributed by atoms with E-state index >= 15 is 0 Å². The van der Waals surface area contributed by atoms with Gasteiger partial charge < -0.3 is 10.4 Å². The summed E-state index contributed by atoms with van der Waals surface area (Å²) in [7, 11) is -0.370. The van der Waals surface area contributed by atoms with Crippen LogP contribution >= 0.6 is 0 Å². The van der Waals surface area contributed by atoms with Crippen LogP contribution in [0.1, 0.15) is 15.9 Å². The van der Waals surface area contributed by atoms with Crippen molar-refractivity contribution in [1.82, 2.24) is 5.32 Å². The minimum absolute atomic E-state index is 0.00287. The fourth-order valence-corrected chi connectivity index (χ4v) is 2.47. The molecule has 1 fully saturated rings. The van der Waals surface area contributed by atoms with Gasteiger partial charge in [0, 0.05) is 0 Å². The molecule has 7 heteroatoms. The Morgan fingerprint density at radius 2 is 2.11 bits per heavy atom. The number of nitrogens with one attached hydrogen (secondary N) is 1. The van der Waals surface area contributed by atoms with Gasteiger partial charge in [0.05, 0.1) is 23.4 Å². The largest absolute Gasteiger partial charge is 0.478 e. The first kappa shape index (κ1) is 12.4. The number of carboxylic acids is 1. The van der Waals surface area contributed by atoms with Gasteiger partial charge in [-0.2, -0.15) is 5.10 Å². The molecule has 0 bridgehead atoms. The number of aromatic carboxylic acids is 1. The van der Waals surface area contributed by atoms with E-state index in [9.17, 15) is 9.59 Å². The number of carbonyl (C=O) groups excluding carboxylic acids is 1. The van der Waals surface area contributed by atoms with Gasteiger partial charge in [0.1, 0.15) is 0 Å². The summed E-state index contributed by atoms with van der Waals surface area (Å²) in [5, 5.41) is 15.3. The SMILES string of the molecule is O=C1C/S(=N/N=C/c2ccc(C(=O)O)cc2)CN1. The van der Waals surface area contributed by atoms with Gasteiger partial charge >= 0.3 is 5.97 Å². The van der Waals surface area contributed by atoms with Gasteiger partial charge in [0.25, 0.3) is 0 Å². The van der Waals surface area contributed by atoms with Crippen molar-refractivity contribution < 1.29 is 14.7 Å². The van der Waals surface area contributed by atoms with E-state index in [1.807, 2.05) is 0 Å². The number of hydrogen-bond donors (Lipinski definition) is 2. The lowest BCUT2D eigenvalue weighted by Crippen LogP contribution is -2.14. The fourth-order valence-electron chi connectivity index (χ4n) is 1.34. The predicted octanol–water partition coefficient (Wildman–Crippen LogP) is 0.608. The smallest absolute Gasteiger partial charge is 0.335 e. The summed E-state index contributed by atoms with van der Waals surface area (Å²) in [4.78, 5) is 21.6. The molecule has 18 heavy (non-hydrogen) atoms. The molecule has 1 unspecified atom stereocenters. The lowest BCUT2D eigenvalue weighted by atomic mass is 10.1. The minimum Gasteiger partial charge on any atom is -0.478 e. The van der Waals surface area contributed by atoms with Crippen LogP contribution in [0.4, 0.5) is 0 Å². The van der Waals surface area contributed by atoms with Crippen molar-refractivity contribution >= 4 is 28.8 Å². The van der Waals surface area contributed by atoms with Crippen molar-refractivity contribution in [3.8, 4) is 0 Å². The standard InChI is InChI=1S/C11H11N3O3S/c15-10-6-18(7-12-10)14-13-5-8-1-3-9(4-2-8)11(16)17/h1-5H,6-7H2,(H,12,15)(H,16,17)/b13-5+. The molecule has 2 rings (SSSR count). The van der Waals surface area contributed by atoms with Crippen LogP contribution < -0.4 is 5.32 Å². The van der Waals surface area contributed by atoms with E-state index < -0.39 is 5.97 Å². The Kier molecular flexibility index (Phi) is 3.83. The Balaban J connectivity index is 2.01. The van der Waals surface area contributed by atoms with E-state index in [1.165, 1.54) is 12.1 Å². The second-order valence-corrected chi connectivity index (χ2v) is 5.27. The van der Waals surface area contributed by atoms with Gasteiger partial charge in [-0.25, -0.2) is 4.79 Å². The van der Waals surface area contributed by atoms with Crippen LogP contribution in [0.5, 0.6) is 0 Å². The summed E-state index contributed by atoms with van der Waals surface area (Å²) in [6, 6.07) is 6.33. The summed E-state index contributed by atoms with van der Waals surface area (Å²) in [5.41, 5.74) is 1.00. The number of hydrogen-bond acceptors (Lipinski definition) is 3. The molecular weight excluding hydrogens is 254 g/mol. The highest BCUT2D eigenvalue weighted by atomic mass is 32.2. The highest BCUT2D eigenvalue weighted by Gasteiger charge is 2.13. The van der Waals surface area contributed by atoms with Crippen molar-refractivity contribution in [3.63, 3.8) is 0 Å². The van der Waals surface area contributed by atoms with E-state index in [-0.39, 0.29) is 22.2 Å². The topological polar surface area (TPSA) is 91.1 Å². The number of benzene rings is 1. The second kappa shape index (κ2) is 5.54. The first-order valence-electron chi connectivity index (χ1n) is 5.17. The maximum Gasteiger partial charge on any atom is 0.335 e. The molecule has 1 atom stereocenters. The lowest BCUT2D eigenvalue weighted by molar-refractivity contribution is -0.117. The molecule has 1 aliphatic rings. The summed E-state index contributed by atoms with van der Waals surface area (Å²) < 4.78 is 4.02. The number of rotatable bonds is 3. The van der Waals surface area contributed by atoms with Gasteiger partial charge in [0.15, 0.2) is 0 Å². The van der Waals surface area contributed by atoms with Crippen molar-refractivity contribution in [1.29, 1.82) is 0 Å². The van der Waals surface area contributed by atoms with E-state index in [0.29, 0.717) is 11.6 Å². The lowest BCUT2D eigenvalue weighted by Gasteiger charge is -1.94. The Morgan fingerprint density at radius 1 is 1.39 bits per heavy atom. The third-order valence-corrected chi connectivity index (χ3v) is 3.66. The molecule has 1 amide bonds. The summed E-state index contributed by atoms with van der Waals surface area (Å²) in [5.74, 6) is -0.00745. The predicted molar refractivity (Wildman–Crippen MR) is 68.7 cm³/mol. The number of carbonyl (C=O) groups is 2. The van der Waals surface area contributed by atoms with Gasteiger partial charge in [-0.3, -0.25) is 4.79 Å². The first-order valence-corrected chi connectivity index (χ1v) is 6.69. The van der Waals surface area contributed by atoms with Crippen LogP contribution in [0.15, 0.2) is 33.8 Å². The van der Waals surface area contributed by atoms with Crippen molar-refractivity contribution in [3.05, 3.63) is 35.4 Å². The summed E-state index contributed by atoms with van der Waals surface area (Å²) in [6.07, 6.45) is 1.54. The molecule has 1 aromatic carbocycles. The highest BCUT2D eigenvalue weighted by Crippen LogP contribution is 2.03. The normalized spacial score (nSPS) is 19.3. The van der Waals surface area contributed by atoms with Crippen molar-refractivity contribution in [2.75, 3.05) is 11.6 Å². The maximum atomic E-state index is 10.9. The molecule has 1 aromatic rings. The number of amides is 1. The minimum atomic E-state index is -0.958. The Morgan fingerprint density at radius 3 is 2.67 bits per heavy atom. The van der Waals surface area contributed by atoms with E-state index in [4.69, 9.17) is 5.11 Å². The van der Waals surface area contributed by atoms with Crippen LogP contribution in [0, 0.1) is 0 Å². The van der Waals surface area contributed by atoms with Gasteiger partial charge in [0.2, 0.25) is 5.91 Å². The molecule has 0 saturated carbocycles. The molecule has 0 aliphatic carbocycles. The highest BCUT2D eigenvalue weighted by molar-refractivity contribution is 7.88. The molecule has 94 valence electrons. The van der Waals surface area contributed by atoms with Crippen molar-refractivity contribution in [2.45, 2.75) is 0 Å². The molecule has 1 aliphatic heterocycles. The average molecular weight is 265 g/mol. The average Bonchev–Trinajstić information content (AvgIpc) is 2.76. The summed E-state index contributed by atoms with van der Waals surface area (Å²) >= 11 is 0. The van der Waals surface area contributed by atoms with Crippen molar-refractivity contribution in [2.24, 2.45) is 9.57 Å². The quantitative estimate of drug-likeness (QED) is 0.619. The summed E-state index contributed by atoms with van der Waals surface area (Å²) in [6.45, 7) is 0. The number of carboxylic acid groups (broad SMARTS) is 1. The zero-order chi connectivity index (χ0) is 13.0. The molecule has 0 spiro atoms. The Bertz CT molecular complexity index is 537. The van der Waals surface area contributed by atoms with Crippen LogP contribution in [-0.4, -0.2) is 34.8 Å². The Hall–Kier alpha value is -2.02. The van der Waals surface area contributed by atoms with E-state index in [1.54, 1.807) is 18.3 Å². The third kappa shape index (κ3) is 3.24. The molecule has 1 saturated heterocycles. The monoisotopic (exact) mass is 265 g/mol. The second-order valence-electron chi connectivity index (χ2n) is 3.60. The van der Waals surface area contributed by atoms with E-state index in [0.717, 1.165) is 5.56 Å². The zero-order valence-electron chi connectivity index (χ0n) is 9.37. The molecule has 6 nitrogen and oxygen atoms in total.